The van der Waals surface area contributed by atoms with Crippen LogP contribution in [0.15, 0.2) is 48.5 Å². The fraction of sp³-hybridized carbons (Fsp3) is 0.250. The molecule has 0 aliphatic carbocycles. The van der Waals surface area contributed by atoms with E-state index in [1.165, 1.54) is 0 Å². The first-order valence-electron chi connectivity index (χ1n) is 7.44. The average Bonchev–Trinajstić information content (AvgIpc) is 2.59. The number of ether oxygens (including phenoxy) is 1. The van der Waals surface area contributed by atoms with Gasteiger partial charge in [-0.3, -0.25) is 0 Å². The van der Waals surface area contributed by atoms with E-state index in [1.807, 2.05) is 36.4 Å². The van der Waals surface area contributed by atoms with Crippen LogP contribution in [0.2, 0.25) is 0 Å². The van der Waals surface area contributed by atoms with Crippen LogP contribution in [0.5, 0.6) is 5.75 Å². The predicted molar refractivity (Wildman–Crippen MR) is 88.3 cm³/mol. The Labute approximate surface area is 132 Å². The van der Waals surface area contributed by atoms with Gasteiger partial charge in [-0.2, -0.15) is 5.26 Å². The van der Waals surface area contributed by atoms with E-state index in [1.54, 1.807) is 12.1 Å². The van der Waals surface area contributed by atoms with Crippen molar-refractivity contribution in [1.82, 2.24) is 0 Å². The molecule has 0 heterocycles. The molecule has 0 spiro atoms. The van der Waals surface area contributed by atoms with Crippen molar-refractivity contribution < 1.29 is 4.74 Å². The fourth-order valence-electron chi connectivity index (χ4n) is 1.79. The van der Waals surface area contributed by atoms with Gasteiger partial charge in [0.2, 0.25) is 0 Å². The van der Waals surface area contributed by atoms with Crippen LogP contribution >= 0.6 is 0 Å². The van der Waals surface area contributed by atoms with Gasteiger partial charge < -0.3 is 4.74 Å². The maximum Gasteiger partial charge on any atom is 0.119 e. The highest BCUT2D eigenvalue weighted by atomic mass is 16.5. The topological polar surface area (TPSA) is 33.0 Å². The highest BCUT2D eigenvalue weighted by molar-refractivity contribution is 5.38. The molecular weight excluding hydrogens is 270 g/mol. The molecule has 0 aliphatic rings. The summed E-state index contributed by atoms with van der Waals surface area (Å²) < 4.78 is 5.74. The Balaban J connectivity index is 1.93. The van der Waals surface area contributed by atoms with Crippen molar-refractivity contribution in [2.75, 3.05) is 0 Å². The SMILES string of the molecule is CCC(C)C#Cc1ccc(OCc2ccc(C#N)cc2)cc1. The Morgan fingerprint density at radius 3 is 2.23 bits per heavy atom. The van der Waals surface area contributed by atoms with Crippen LogP contribution in [0, 0.1) is 29.1 Å². The molecule has 1 unspecified atom stereocenters. The van der Waals surface area contributed by atoms with Crippen LogP contribution in [-0.2, 0) is 6.61 Å². The standard InChI is InChI=1S/C20H19NO/c1-3-16(2)4-5-17-10-12-20(13-11-17)22-15-19-8-6-18(14-21)7-9-19/h6-13,16H,3,15H2,1-2H3. The van der Waals surface area contributed by atoms with Gasteiger partial charge in [0, 0.05) is 11.5 Å². The van der Waals surface area contributed by atoms with Crippen LogP contribution < -0.4 is 4.74 Å². The minimum atomic E-state index is 0.423. The lowest BCUT2D eigenvalue weighted by Crippen LogP contribution is -1.95. The number of hydrogen-bond acceptors (Lipinski definition) is 2. The van der Waals surface area contributed by atoms with Crippen molar-refractivity contribution in [3.8, 4) is 23.7 Å². The zero-order valence-electron chi connectivity index (χ0n) is 13.0. The molecular formula is C20H19NO. The normalized spacial score (nSPS) is 11.0. The fourth-order valence-corrected chi connectivity index (χ4v) is 1.79. The van der Waals surface area contributed by atoms with Gasteiger partial charge >= 0.3 is 0 Å². The van der Waals surface area contributed by atoms with Crippen LogP contribution in [0.25, 0.3) is 0 Å². The molecule has 0 saturated carbocycles. The third-order valence-electron chi connectivity index (χ3n) is 3.42. The van der Waals surface area contributed by atoms with Crippen LogP contribution in [0.1, 0.15) is 37.0 Å². The van der Waals surface area contributed by atoms with Gasteiger partial charge in [-0.05, 0) is 48.4 Å². The van der Waals surface area contributed by atoms with E-state index in [-0.39, 0.29) is 0 Å². The Morgan fingerprint density at radius 2 is 1.64 bits per heavy atom. The van der Waals surface area contributed by atoms with E-state index < -0.39 is 0 Å². The minimum absolute atomic E-state index is 0.423. The largest absolute Gasteiger partial charge is 0.489 e. The Kier molecular flexibility index (Phi) is 5.64. The lowest BCUT2D eigenvalue weighted by Gasteiger charge is -2.06. The molecule has 0 aromatic heterocycles. The number of nitrogens with zero attached hydrogens (tertiary/aromatic N) is 1. The summed E-state index contributed by atoms with van der Waals surface area (Å²) in [4.78, 5) is 0. The number of rotatable bonds is 4. The second-order valence-corrected chi connectivity index (χ2v) is 5.20. The Hall–Kier alpha value is -2.71. The quantitative estimate of drug-likeness (QED) is 0.774. The van der Waals surface area contributed by atoms with Gasteiger partial charge in [0.15, 0.2) is 0 Å². The number of benzene rings is 2. The van der Waals surface area contributed by atoms with E-state index >= 15 is 0 Å². The first kappa shape index (κ1) is 15.7. The van der Waals surface area contributed by atoms with E-state index in [0.717, 1.165) is 23.3 Å². The summed E-state index contributed by atoms with van der Waals surface area (Å²) in [5, 5.41) is 8.76. The Morgan fingerprint density at radius 1 is 1.00 bits per heavy atom. The molecule has 2 heteroatoms. The molecule has 2 aromatic rings. The van der Waals surface area contributed by atoms with Gasteiger partial charge in [0.25, 0.3) is 0 Å². The van der Waals surface area contributed by atoms with Gasteiger partial charge in [-0.15, -0.1) is 0 Å². The molecule has 0 fully saturated rings. The summed E-state index contributed by atoms with van der Waals surface area (Å²) in [6.07, 6.45) is 1.07. The Bertz CT molecular complexity index is 697. The molecule has 22 heavy (non-hydrogen) atoms. The van der Waals surface area contributed by atoms with Crippen LogP contribution in [0.4, 0.5) is 0 Å². The molecule has 110 valence electrons. The first-order valence-corrected chi connectivity index (χ1v) is 7.44. The maximum absolute atomic E-state index is 8.76. The summed E-state index contributed by atoms with van der Waals surface area (Å²) in [6.45, 7) is 4.76. The molecule has 0 bridgehead atoms. The first-order chi connectivity index (χ1) is 10.7. The summed E-state index contributed by atoms with van der Waals surface area (Å²) in [6, 6.07) is 17.3. The van der Waals surface area contributed by atoms with E-state index in [9.17, 15) is 0 Å². The third kappa shape index (κ3) is 4.69. The average molecular weight is 289 g/mol. The summed E-state index contributed by atoms with van der Waals surface area (Å²) in [5.41, 5.74) is 2.71. The lowest BCUT2D eigenvalue weighted by molar-refractivity contribution is 0.306. The van der Waals surface area contributed by atoms with Gasteiger partial charge in [-0.1, -0.05) is 37.8 Å². The van der Waals surface area contributed by atoms with Crippen LogP contribution in [-0.4, -0.2) is 0 Å². The summed E-state index contributed by atoms with van der Waals surface area (Å²) >= 11 is 0. The molecule has 2 nitrogen and oxygen atoms in total. The van der Waals surface area contributed by atoms with Crippen molar-refractivity contribution in [3.63, 3.8) is 0 Å². The zero-order valence-corrected chi connectivity index (χ0v) is 13.0. The second kappa shape index (κ2) is 7.91. The number of hydrogen-bond donors (Lipinski definition) is 0. The molecule has 0 saturated heterocycles. The molecule has 2 aromatic carbocycles. The second-order valence-electron chi connectivity index (χ2n) is 5.20. The molecule has 0 aliphatic heterocycles. The van der Waals surface area contributed by atoms with Gasteiger partial charge in [0.05, 0.1) is 11.6 Å². The molecule has 0 radical (unpaired) electrons. The highest BCUT2D eigenvalue weighted by Gasteiger charge is 1.97. The van der Waals surface area contributed by atoms with E-state index in [4.69, 9.17) is 10.00 Å². The van der Waals surface area contributed by atoms with Crippen molar-refractivity contribution in [1.29, 1.82) is 5.26 Å². The predicted octanol–water partition coefficient (Wildman–Crippen LogP) is 4.53. The monoisotopic (exact) mass is 289 g/mol. The summed E-state index contributed by atoms with van der Waals surface area (Å²) in [5.74, 6) is 7.63. The smallest absolute Gasteiger partial charge is 0.119 e. The van der Waals surface area contributed by atoms with Gasteiger partial charge in [0.1, 0.15) is 12.4 Å². The summed E-state index contributed by atoms with van der Waals surface area (Å²) in [7, 11) is 0. The molecule has 2 rings (SSSR count). The van der Waals surface area contributed by atoms with Crippen molar-refractivity contribution in [2.45, 2.75) is 26.9 Å². The molecule has 0 amide bonds. The van der Waals surface area contributed by atoms with Gasteiger partial charge in [-0.25, -0.2) is 0 Å². The van der Waals surface area contributed by atoms with Crippen LogP contribution in [0.3, 0.4) is 0 Å². The van der Waals surface area contributed by atoms with E-state index in [0.29, 0.717) is 18.1 Å². The molecule has 1 atom stereocenters. The minimum Gasteiger partial charge on any atom is -0.489 e. The number of nitriles is 1. The zero-order chi connectivity index (χ0) is 15.8. The third-order valence-corrected chi connectivity index (χ3v) is 3.42. The van der Waals surface area contributed by atoms with Crippen molar-refractivity contribution in [2.24, 2.45) is 5.92 Å². The van der Waals surface area contributed by atoms with Crippen molar-refractivity contribution >= 4 is 0 Å². The highest BCUT2D eigenvalue weighted by Crippen LogP contribution is 2.14. The van der Waals surface area contributed by atoms with Crippen molar-refractivity contribution in [3.05, 3.63) is 65.2 Å². The lowest BCUT2D eigenvalue weighted by atomic mass is 10.1. The maximum atomic E-state index is 8.76. The van der Waals surface area contributed by atoms with E-state index in [2.05, 4.69) is 31.8 Å². The molecule has 0 N–H and O–H groups in total.